The molecule has 1 unspecified atom stereocenters. The van der Waals surface area contributed by atoms with Crippen LogP contribution in [0.2, 0.25) is 0 Å². The molecule has 1 fully saturated rings. The number of amides is 1. The molecule has 2 aliphatic heterocycles. The molecule has 36 heavy (non-hydrogen) atoms. The summed E-state index contributed by atoms with van der Waals surface area (Å²) in [7, 11) is 0. The summed E-state index contributed by atoms with van der Waals surface area (Å²) in [5.41, 5.74) is 0.601. The van der Waals surface area contributed by atoms with Gasteiger partial charge in [0.05, 0.1) is 30.2 Å². The molecule has 10 heteroatoms. The average molecular weight is 492 g/mol. The number of hydrogen-bond acceptors (Lipinski definition) is 8. The summed E-state index contributed by atoms with van der Waals surface area (Å²) >= 11 is 0. The molecule has 2 aliphatic rings. The Kier molecular flexibility index (Phi) is 6.60. The first-order valence-electron chi connectivity index (χ1n) is 11.9. The van der Waals surface area contributed by atoms with Gasteiger partial charge >= 0.3 is 0 Å². The van der Waals surface area contributed by atoms with Crippen LogP contribution in [0.5, 0.6) is 5.75 Å². The van der Waals surface area contributed by atoms with Crippen LogP contribution in [0, 0.1) is 5.82 Å². The predicted octanol–water partition coefficient (Wildman–Crippen LogP) is 2.41. The first kappa shape index (κ1) is 23.8. The molecule has 0 radical (unpaired) electrons. The number of anilines is 1. The molecule has 1 saturated heterocycles. The highest BCUT2D eigenvalue weighted by Crippen LogP contribution is 2.40. The van der Waals surface area contributed by atoms with E-state index in [2.05, 4.69) is 25.4 Å². The van der Waals surface area contributed by atoms with Gasteiger partial charge in [0.2, 0.25) is 5.91 Å². The summed E-state index contributed by atoms with van der Waals surface area (Å²) < 4.78 is 20.2. The van der Waals surface area contributed by atoms with Gasteiger partial charge in [0.1, 0.15) is 17.2 Å². The van der Waals surface area contributed by atoms with Crippen LogP contribution in [-0.2, 0) is 11.2 Å². The number of Topliss-reactive ketones (excluding diaryl/α,β-unsaturated/α-hetero) is 1. The Morgan fingerprint density at radius 2 is 1.92 bits per heavy atom. The summed E-state index contributed by atoms with van der Waals surface area (Å²) in [6.07, 6.45) is 3.75. The highest BCUT2D eigenvalue weighted by Gasteiger charge is 2.44. The summed E-state index contributed by atoms with van der Waals surface area (Å²) in [4.78, 5) is 30.8. The number of pyridine rings is 1. The van der Waals surface area contributed by atoms with Gasteiger partial charge in [-0.05, 0) is 42.0 Å². The Bertz CT molecular complexity index is 1250. The quantitative estimate of drug-likeness (QED) is 0.540. The van der Waals surface area contributed by atoms with E-state index >= 15 is 0 Å². The summed E-state index contributed by atoms with van der Waals surface area (Å²) in [6.45, 7) is 1.31. The Hall–Kier alpha value is -3.92. The van der Waals surface area contributed by atoms with Crippen molar-refractivity contribution < 1.29 is 23.8 Å². The van der Waals surface area contributed by atoms with E-state index in [1.165, 1.54) is 6.07 Å². The molecular weight excluding hydrogens is 465 g/mol. The third kappa shape index (κ3) is 5.03. The fourth-order valence-electron chi connectivity index (χ4n) is 4.69. The zero-order valence-electron chi connectivity index (χ0n) is 19.6. The standard InChI is InChI=1S/C26H26FN5O4/c27-19-2-1-3-22-25(19)20(33)15-26(36-22)8-12-32(13-9-26)23-5-4-18(30-31-23)14-24(35)29-16-21(34)17-6-10-28-11-7-17/h1-7,10-11,21,34H,8-9,12-16H2,(H,29,35). The van der Waals surface area contributed by atoms with Crippen LogP contribution in [0.4, 0.5) is 10.2 Å². The van der Waals surface area contributed by atoms with Crippen molar-refractivity contribution in [3.8, 4) is 5.75 Å². The molecule has 0 saturated carbocycles. The van der Waals surface area contributed by atoms with Gasteiger partial charge in [-0.2, -0.15) is 5.10 Å². The smallest absolute Gasteiger partial charge is 0.226 e. The SMILES string of the molecule is O=C(Cc1ccc(N2CCC3(CC2)CC(=O)c2c(F)cccc2O3)nn1)NCC(O)c1ccncc1. The van der Waals surface area contributed by atoms with E-state index < -0.39 is 17.5 Å². The minimum atomic E-state index is -0.816. The number of rotatable bonds is 6. The van der Waals surface area contributed by atoms with Crippen molar-refractivity contribution in [3.63, 3.8) is 0 Å². The molecule has 2 N–H and O–H groups in total. The van der Waals surface area contributed by atoms with Crippen LogP contribution in [0.25, 0.3) is 0 Å². The van der Waals surface area contributed by atoms with Crippen molar-refractivity contribution in [2.24, 2.45) is 0 Å². The number of aliphatic hydroxyl groups is 1. The highest BCUT2D eigenvalue weighted by atomic mass is 19.1. The van der Waals surface area contributed by atoms with Gasteiger partial charge in [0, 0.05) is 44.9 Å². The van der Waals surface area contributed by atoms with Crippen molar-refractivity contribution in [3.05, 3.63) is 77.5 Å². The van der Waals surface area contributed by atoms with Gasteiger partial charge in [0.25, 0.3) is 0 Å². The predicted molar refractivity (Wildman–Crippen MR) is 128 cm³/mol. The van der Waals surface area contributed by atoms with E-state index in [0.717, 1.165) is 0 Å². The molecule has 9 nitrogen and oxygen atoms in total. The van der Waals surface area contributed by atoms with Crippen LogP contribution in [0.3, 0.4) is 0 Å². The maximum Gasteiger partial charge on any atom is 0.226 e. The van der Waals surface area contributed by atoms with Gasteiger partial charge in [-0.15, -0.1) is 5.10 Å². The molecule has 4 heterocycles. The van der Waals surface area contributed by atoms with Gasteiger partial charge in [-0.25, -0.2) is 4.39 Å². The molecule has 5 rings (SSSR count). The lowest BCUT2D eigenvalue weighted by Gasteiger charge is -2.44. The monoisotopic (exact) mass is 491 g/mol. The van der Waals surface area contributed by atoms with Gasteiger partial charge < -0.3 is 20.1 Å². The lowest BCUT2D eigenvalue weighted by atomic mass is 9.82. The first-order valence-corrected chi connectivity index (χ1v) is 11.9. The van der Waals surface area contributed by atoms with E-state index in [-0.39, 0.29) is 36.6 Å². The van der Waals surface area contributed by atoms with Crippen LogP contribution < -0.4 is 15.0 Å². The molecule has 1 amide bonds. The second kappa shape index (κ2) is 9.98. The molecule has 1 aromatic carbocycles. The number of benzene rings is 1. The Balaban J connectivity index is 1.13. The lowest BCUT2D eigenvalue weighted by Crippen LogP contribution is -2.51. The Morgan fingerprint density at radius 3 is 2.64 bits per heavy atom. The van der Waals surface area contributed by atoms with Crippen LogP contribution >= 0.6 is 0 Å². The van der Waals surface area contributed by atoms with Crippen LogP contribution in [0.15, 0.2) is 54.9 Å². The molecule has 186 valence electrons. The molecule has 0 aliphatic carbocycles. The molecule has 3 aromatic rings. The summed E-state index contributed by atoms with van der Waals surface area (Å²) in [5.74, 6) is -0.0377. The third-order valence-electron chi connectivity index (χ3n) is 6.69. The molecule has 1 spiro atoms. The van der Waals surface area contributed by atoms with Gasteiger partial charge in [0.15, 0.2) is 11.6 Å². The number of hydrogen-bond donors (Lipinski definition) is 2. The van der Waals surface area contributed by atoms with Crippen molar-refractivity contribution in [1.82, 2.24) is 20.5 Å². The fraction of sp³-hybridized carbons (Fsp3) is 0.346. The largest absolute Gasteiger partial charge is 0.486 e. The number of carbonyl (C=O) groups is 2. The number of aliphatic hydroxyl groups excluding tert-OH is 1. The van der Waals surface area contributed by atoms with Crippen molar-refractivity contribution in [1.29, 1.82) is 0 Å². The topological polar surface area (TPSA) is 118 Å². The zero-order valence-corrected chi connectivity index (χ0v) is 19.6. The number of nitrogens with zero attached hydrogens (tertiary/aromatic N) is 4. The number of fused-ring (bicyclic) bond motifs is 1. The number of ether oxygens (including phenoxy) is 1. The normalized spacial score (nSPS) is 17.3. The molecule has 2 aromatic heterocycles. The summed E-state index contributed by atoms with van der Waals surface area (Å²) in [5, 5.41) is 21.3. The minimum Gasteiger partial charge on any atom is -0.486 e. The second-order valence-corrected chi connectivity index (χ2v) is 9.15. The fourth-order valence-corrected chi connectivity index (χ4v) is 4.69. The van der Waals surface area contributed by atoms with Crippen LogP contribution in [0.1, 0.15) is 47.0 Å². The van der Waals surface area contributed by atoms with E-state index in [9.17, 15) is 19.1 Å². The maximum absolute atomic E-state index is 14.1. The number of halogens is 1. The van der Waals surface area contributed by atoms with E-state index in [1.54, 1.807) is 42.7 Å². The minimum absolute atomic E-state index is 0.0444. The van der Waals surface area contributed by atoms with Crippen molar-refractivity contribution in [2.45, 2.75) is 37.4 Å². The van der Waals surface area contributed by atoms with Crippen LogP contribution in [-0.4, -0.2) is 57.2 Å². The maximum atomic E-state index is 14.1. The summed E-state index contributed by atoms with van der Waals surface area (Å²) in [6, 6.07) is 11.4. The Labute approximate surface area is 207 Å². The number of nitrogens with one attached hydrogen (secondary N) is 1. The molecular formula is C26H26FN5O4. The lowest BCUT2D eigenvalue weighted by molar-refractivity contribution is -0.121. The number of carbonyl (C=O) groups excluding carboxylic acids is 2. The molecule has 0 bridgehead atoms. The number of aromatic nitrogens is 3. The van der Waals surface area contributed by atoms with E-state index in [4.69, 9.17) is 4.74 Å². The number of piperidine rings is 1. The second-order valence-electron chi connectivity index (χ2n) is 9.15. The number of ketones is 1. The molecule has 1 atom stereocenters. The van der Waals surface area contributed by atoms with Gasteiger partial charge in [-0.1, -0.05) is 6.07 Å². The van der Waals surface area contributed by atoms with E-state index in [1.807, 2.05) is 6.07 Å². The average Bonchev–Trinajstić information content (AvgIpc) is 2.88. The van der Waals surface area contributed by atoms with Crippen molar-refractivity contribution in [2.75, 3.05) is 24.5 Å². The van der Waals surface area contributed by atoms with Gasteiger partial charge in [-0.3, -0.25) is 14.6 Å². The Morgan fingerprint density at radius 1 is 1.14 bits per heavy atom. The first-order chi connectivity index (χ1) is 17.4. The van der Waals surface area contributed by atoms with Crippen molar-refractivity contribution >= 4 is 17.5 Å². The van der Waals surface area contributed by atoms with E-state index in [0.29, 0.717) is 48.8 Å². The zero-order chi connectivity index (χ0) is 25.1. The third-order valence-corrected chi connectivity index (χ3v) is 6.69. The highest BCUT2D eigenvalue weighted by molar-refractivity contribution is 6.00.